The van der Waals surface area contributed by atoms with Gasteiger partial charge in [-0.3, -0.25) is 29.3 Å². The quantitative estimate of drug-likeness (QED) is 0.0641. The van der Waals surface area contributed by atoms with Crippen LogP contribution in [0.25, 0.3) is 51.6 Å². The SMILES string of the molecule is CCOC(=O)N[C@@H]1CC[C@@H]2[C@H](C1)C[C@@H]1C(=O)O[C@H](C)[C@H]1[C@@H]2/C=C/c1ccc(-c2cccc(F)c2)cn1.CCOC(=O)N[C@@H]1CC[C@@H]2[C@H](C1)C[C@H]1C(=O)O[C@@H](C)[C@H]1[C@H]2/C=C/c1ccc(-c2cccc(F)c2)cn1.CCOC(=O)N[C@@H]1CC[C@H]2[C@H](C1)C[C@H]1C(=O)O[C@@H](C)[C@@H]1[C@@H]2/C=C/c1ccc(-c2cccc(F)c2)cn1. The highest BCUT2D eigenvalue weighted by atomic mass is 19.1. The molecule has 15 rings (SSSR count). The number of amides is 3. The minimum absolute atomic E-state index is 0.0679. The first-order chi connectivity index (χ1) is 52.3. The molecule has 6 saturated carbocycles. The van der Waals surface area contributed by atoms with Crippen LogP contribution in [0, 0.1) is 106 Å². The molecule has 108 heavy (non-hydrogen) atoms. The predicted octanol–water partition coefficient (Wildman–Crippen LogP) is 16.9. The maximum atomic E-state index is 13.6. The number of aromatic nitrogens is 3. The van der Waals surface area contributed by atoms with Gasteiger partial charge in [0, 0.05) is 71.2 Å². The van der Waals surface area contributed by atoms with Crippen LogP contribution in [0.2, 0.25) is 0 Å². The second kappa shape index (κ2) is 34.7. The number of nitrogens with zero attached hydrogens (tertiary/aromatic N) is 3. The van der Waals surface area contributed by atoms with Gasteiger partial charge in [-0.1, -0.05) is 72.8 Å². The summed E-state index contributed by atoms with van der Waals surface area (Å²) in [5.41, 5.74) is 7.43. The van der Waals surface area contributed by atoms with Crippen molar-refractivity contribution in [3.05, 3.63) is 181 Å². The van der Waals surface area contributed by atoms with Crippen molar-refractivity contribution in [2.75, 3.05) is 19.8 Å². The van der Waals surface area contributed by atoms with Gasteiger partial charge in [0.15, 0.2) is 0 Å². The number of rotatable bonds is 15. The largest absolute Gasteiger partial charge is 0.462 e. The molecule has 9 fully saturated rings. The Bertz CT molecular complexity index is 3830. The van der Waals surface area contributed by atoms with Gasteiger partial charge < -0.3 is 44.4 Å². The Morgan fingerprint density at radius 1 is 0.407 bits per heavy atom. The molecule has 18 nitrogen and oxygen atoms in total. The second-order valence-corrected chi connectivity index (χ2v) is 30.8. The summed E-state index contributed by atoms with van der Waals surface area (Å²) < 4.78 is 73.0. The molecule has 3 aliphatic heterocycles. The number of esters is 3. The third-order valence-corrected chi connectivity index (χ3v) is 24.5. The number of carbonyl (C=O) groups is 6. The van der Waals surface area contributed by atoms with Crippen molar-refractivity contribution in [3.63, 3.8) is 0 Å². The summed E-state index contributed by atoms with van der Waals surface area (Å²) in [6.45, 7) is 12.5. The molecular weight excluding hydrogens is 1380 g/mol. The van der Waals surface area contributed by atoms with E-state index in [0.29, 0.717) is 55.3 Å². The molecule has 6 heterocycles. The summed E-state index contributed by atoms with van der Waals surface area (Å²) in [5, 5.41) is 9.00. The van der Waals surface area contributed by atoms with E-state index in [1.54, 1.807) is 57.6 Å². The summed E-state index contributed by atoms with van der Waals surface area (Å²) in [7, 11) is 0. The Morgan fingerprint density at radius 3 is 0.944 bits per heavy atom. The number of pyridine rings is 3. The van der Waals surface area contributed by atoms with Crippen LogP contribution in [0.3, 0.4) is 0 Å². The summed E-state index contributed by atoms with van der Waals surface area (Å²) in [6, 6.07) is 31.3. The molecule has 3 aromatic carbocycles. The van der Waals surface area contributed by atoms with Crippen LogP contribution < -0.4 is 16.0 Å². The van der Waals surface area contributed by atoms with Crippen molar-refractivity contribution in [2.24, 2.45) is 88.8 Å². The number of carbonyl (C=O) groups excluding carboxylic acids is 6. The maximum Gasteiger partial charge on any atom is 0.407 e. The average molecular weight is 1480 g/mol. The van der Waals surface area contributed by atoms with Gasteiger partial charge in [-0.2, -0.15) is 0 Å². The normalized spacial score (nSPS) is 31.4. The lowest BCUT2D eigenvalue weighted by Gasteiger charge is -2.47. The van der Waals surface area contributed by atoms with E-state index in [-0.39, 0.29) is 143 Å². The number of ether oxygens (including phenoxy) is 6. The fourth-order valence-corrected chi connectivity index (χ4v) is 19.9. The van der Waals surface area contributed by atoms with E-state index in [9.17, 15) is 41.9 Å². The first-order valence-corrected chi connectivity index (χ1v) is 38.9. The Hall–Kier alpha value is -9.66. The number of fused-ring (bicyclic) bond motifs is 6. The van der Waals surface area contributed by atoms with E-state index in [2.05, 4.69) is 49.1 Å². The summed E-state index contributed by atoms with van der Waals surface area (Å²) >= 11 is 0. The molecular formula is C87H99F3N6O12. The van der Waals surface area contributed by atoms with Gasteiger partial charge >= 0.3 is 36.2 Å². The number of benzene rings is 3. The van der Waals surface area contributed by atoms with Crippen LogP contribution in [-0.4, -0.2) is 107 Å². The van der Waals surface area contributed by atoms with Crippen molar-refractivity contribution in [2.45, 2.75) is 155 Å². The van der Waals surface area contributed by atoms with Gasteiger partial charge in [0.1, 0.15) is 35.8 Å². The van der Waals surface area contributed by atoms with Crippen LogP contribution in [0.15, 0.2) is 146 Å². The van der Waals surface area contributed by atoms with E-state index in [0.717, 1.165) is 128 Å². The molecule has 3 N–H and O–H groups in total. The van der Waals surface area contributed by atoms with Gasteiger partial charge in [0.2, 0.25) is 0 Å². The molecule has 6 aromatic rings. The number of hydrogen-bond acceptors (Lipinski definition) is 15. The first kappa shape index (κ1) is 76.5. The standard InChI is InChI=1S/3C29H33FN2O4/c3*1-3-35-29(34)32-23-10-11-24-20(14-23)15-26-27(17(2)36-28(26)33)25(24)12-9-22-8-7-19(16-31-22)18-5-4-6-21(30)13-18/h3*4-9,12-13,16-17,20,23-27H,3,10-11,14-15H2,1-2H3,(H,32,34)/b3*12-9+/t17-,20+,23+,24+,25-,26+,27-;17-,20+,23+,24-,25+,26+,27+;17-,20-,23-,24-,25-,26+,27+/m001/s1. The monoisotopic (exact) mass is 1480 g/mol. The van der Waals surface area contributed by atoms with Crippen molar-refractivity contribution in [3.8, 4) is 33.4 Å². The van der Waals surface area contributed by atoms with Crippen molar-refractivity contribution < 1.29 is 70.4 Å². The summed E-state index contributed by atoms with van der Waals surface area (Å²) in [5.74, 6) is 1.89. The van der Waals surface area contributed by atoms with Crippen molar-refractivity contribution in [1.82, 2.24) is 30.9 Å². The number of hydrogen-bond donors (Lipinski definition) is 3. The van der Waals surface area contributed by atoms with E-state index >= 15 is 0 Å². The zero-order valence-corrected chi connectivity index (χ0v) is 62.2. The van der Waals surface area contributed by atoms with E-state index in [4.69, 9.17) is 28.4 Å². The van der Waals surface area contributed by atoms with Gasteiger partial charge in [0.25, 0.3) is 0 Å². The fraction of sp³-hybridized carbons (Fsp3) is 0.483. The Labute approximate surface area is 630 Å². The van der Waals surface area contributed by atoms with Gasteiger partial charge in [-0.25, -0.2) is 27.6 Å². The summed E-state index contributed by atoms with van der Waals surface area (Å²) in [6.07, 6.45) is 27.2. The first-order valence-electron chi connectivity index (χ1n) is 38.9. The molecule has 21 heteroatoms. The zero-order chi connectivity index (χ0) is 75.7. The molecule has 0 bridgehead atoms. The van der Waals surface area contributed by atoms with E-state index < -0.39 is 0 Å². The predicted molar refractivity (Wildman–Crippen MR) is 402 cm³/mol. The number of halogens is 3. The molecule has 0 spiro atoms. The topological polar surface area (TPSA) is 233 Å². The minimum atomic E-state index is -0.368. The highest BCUT2D eigenvalue weighted by Gasteiger charge is 2.58. The van der Waals surface area contributed by atoms with Crippen molar-refractivity contribution >= 4 is 54.4 Å². The van der Waals surface area contributed by atoms with Gasteiger partial charge in [-0.15, -0.1) is 0 Å². The Balaban J connectivity index is 0.000000143. The van der Waals surface area contributed by atoms with Gasteiger partial charge in [0.05, 0.1) is 54.7 Å². The van der Waals surface area contributed by atoms with Crippen LogP contribution >= 0.6 is 0 Å². The molecule has 21 atom stereocenters. The molecule has 3 saturated heterocycles. The van der Waals surface area contributed by atoms with E-state index in [1.165, 1.54) is 36.4 Å². The average Bonchev–Trinajstić information content (AvgIpc) is 1.54. The number of cyclic esters (lactones) is 3. The lowest BCUT2D eigenvalue weighted by Crippen LogP contribution is -2.48. The van der Waals surface area contributed by atoms with Crippen LogP contribution in [0.4, 0.5) is 27.6 Å². The molecule has 0 unspecified atom stereocenters. The van der Waals surface area contributed by atoms with Crippen LogP contribution in [0.5, 0.6) is 0 Å². The second-order valence-electron chi connectivity index (χ2n) is 30.8. The van der Waals surface area contributed by atoms with E-state index in [1.807, 2.05) is 93.6 Å². The maximum absolute atomic E-state index is 13.6. The molecule has 3 amide bonds. The van der Waals surface area contributed by atoms with Gasteiger partial charge in [-0.05, 0) is 261 Å². The molecule has 3 aromatic heterocycles. The highest BCUT2D eigenvalue weighted by Crippen LogP contribution is 2.57. The number of nitrogens with one attached hydrogen (secondary N) is 3. The smallest absolute Gasteiger partial charge is 0.407 e. The third kappa shape index (κ3) is 17.9. The fourth-order valence-electron chi connectivity index (χ4n) is 19.9. The lowest BCUT2D eigenvalue weighted by molar-refractivity contribution is -0.145. The molecule has 9 aliphatic rings. The Kier molecular flexibility index (Phi) is 24.6. The summed E-state index contributed by atoms with van der Waals surface area (Å²) in [4.78, 5) is 87.7. The zero-order valence-electron chi connectivity index (χ0n) is 62.2. The molecule has 6 aliphatic carbocycles. The lowest BCUT2D eigenvalue weighted by atomic mass is 9.57. The number of alkyl carbamates (subject to hydrolysis) is 3. The van der Waals surface area contributed by atoms with Crippen molar-refractivity contribution in [1.29, 1.82) is 0 Å². The third-order valence-electron chi connectivity index (χ3n) is 24.5. The molecule has 0 radical (unpaired) electrons. The van der Waals surface area contributed by atoms with Crippen LogP contribution in [0.1, 0.15) is 136 Å². The Morgan fingerprint density at radius 2 is 0.694 bits per heavy atom. The minimum Gasteiger partial charge on any atom is -0.462 e. The highest BCUT2D eigenvalue weighted by molar-refractivity contribution is 5.78. The van der Waals surface area contributed by atoms with Crippen LogP contribution in [-0.2, 0) is 42.8 Å². The molecule has 570 valence electrons. The number of allylic oxidation sites excluding steroid dienone is 3.